The molecule has 3 rings (SSSR count). The fourth-order valence-electron chi connectivity index (χ4n) is 2.47. The van der Waals surface area contributed by atoms with Crippen molar-refractivity contribution >= 4 is 5.96 Å². The number of rotatable bonds is 1. The fourth-order valence-corrected chi connectivity index (χ4v) is 2.47. The van der Waals surface area contributed by atoms with Crippen LogP contribution in [0, 0.1) is 0 Å². The monoisotopic (exact) mass is 180 g/mol. The molecule has 0 aromatic heterocycles. The zero-order valence-electron chi connectivity index (χ0n) is 7.79. The summed E-state index contributed by atoms with van der Waals surface area (Å²) in [4.78, 5) is 6.83. The summed E-state index contributed by atoms with van der Waals surface area (Å²) >= 11 is 0. The Morgan fingerprint density at radius 2 is 2.38 bits per heavy atom. The average Bonchev–Trinajstić information content (AvgIpc) is 2.80. The molecule has 13 heavy (non-hydrogen) atoms. The Balaban J connectivity index is 1.68. The van der Waals surface area contributed by atoms with Gasteiger partial charge in [-0.1, -0.05) is 0 Å². The summed E-state index contributed by atoms with van der Waals surface area (Å²) in [5.74, 6) is 0.637. The maximum Gasteiger partial charge on any atom is 0.189 e. The average molecular weight is 180 g/mol. The van der Waals surface area contributed by atoms with E-state index >= 15 is 0 Å². The highest BCUT2D eigenvalue weighted by atomic mass is 15.3. The van der Waals surface area contributed by atoms with Gasteiger partial charge in [0.2, 0.25) is 0 Å². The van der Waals surface area contributed by atoms with Crippen molar-refractivity contribution in [3.05, 3.63) is 0 Å². The van der Waals surface area contributed by atoms with Gasteiger partial charge in [0, 0.05) is 19.1 Å². The third-order valence-corrected chi connectivity index (χ3v) is 3.39. The van der Waals surface area contributed by atoms with E-state index in [0.717, 1.165) is 19.1 Å². The molecule has 3 N–H and O–H groups in total. The molecule has 1 spiro atoms. The van der Waals surface area contributed by atoms with Crippen LogP contribution in [0.2, 0.25) is 0 Å². The highest BCUT2D eigenvalue weighted by molar-refractivity contribution is 5.80. The number of nitrogens with one attached hydrogen (secondary N) is 1. The van der Waals surface area contributed by atoms with Crippen LogP contribution in [0.15, 0.2) is 4.99 Å². The van der Waals surface area contributed by atoms with Crippen molar-refractivity contribution in [2.24, 2.45) is 10.7 Å². The molecule has 0 aromatic carbocycles. The van der Waals surface area contributed by atoms with Gasteiger partial charge in [0.1, 0.15) is 0 Å². The normalized spacial score (nSPS) is 39.5. The molecule has 1 unspecified atom stereocenters. The summed E-state index contributed by atoms with van der Waals surface area (Å²) in [6, 6.07) is 0.878. The molecule has 4 nitrogen and oxygen atoms in total. The number of nitrogens with two attached hydrogens (primary N) is 1. The van der Waals surface area contributed by atoms with E-state index < -0.39 is 0 Å². The Morgan fingerprint density at radius 1 is 1.54 bits per heavy atom. The lowest BCUT2D eigenvalue weighted by molar-refractivity contribution is 0.298. The molecule has 0 radical (unpaired) electrons. The second kappa shape index (κ2) is 2.38. The zero-order chi connectivity index (χ0) is 8.89. The summed E-state index contributed by atoms with van der Waals surface area (Å²) in [7, 11) is 0. The van der Waals surface area contributed by atoms with Crippen LogP contribution in [0.1, 0.15) is 19.3 Å². The van der Waals surface area contributed by atoms with Crippen molar-refractivity contribution in [2.45, 2.75) is 30.8 Å². The first-order valence-corrected chi connectivity index (χ1v) is 5.10. The molecule has 1 saturated heterocycles. The molecule has 1 saturated carbocycles. The standard InChI is InChI=1S/C9H16N4/c10-8-11-5-9(12-8)3-4-13(6-9)7-1-2-7/h7H,1-6H2,(H3,10,11,12). The Bertz CT molecular complexity index is 258. The van der Waals surface area contributed by atoms with Gasteiger partial charge in [-0.05, 0) is 19.3 Å². The Hall–Kier alpha value is -0.770. The van der Waals surface area contributed by atoms with E-state index in [4.69, 9.17) is 5.73 Å². The van der Waals surface area contributed by atoms with Crippen molar-refractivity contribution in [1.82, 2.24) is 10.2 Å². The summed E-state index contributed by atoms with van der Waals surface area (Å²) in [6.07, 6.45) is 3.99. The van der Waals surface area contributed by atoms with Gasteiger partial charge < -0.3 is 11.1 Å². The van der Waals surface area contributed by atoms with Crippen molar-refractivity contribution in [3.8, 4) is 0 Å². The number of hydrogen-bond donors (Lipinski definition) is 2. The minimum Gasteiger partial charge on any atom is -0.370 e. The first kappa shape index (κ1) is 7.62. The molecule has 1 atom stereocenters. The van der Waals surface area contributed by atoms with Gasteiger partial charge in [-0.3, -0.25) is 9.89 Å². The number of hydrogen-bond acceptors (Lipinski definition) is 4. The molecular weight excluding hydrogens is 164 g/mol. The second-order valence-electron chi connectivity index (χ2n) is 4.56. The largest absolute Gasteiger partial charge is 0.370 e. The number of likely N-dealkylation sites (tertiary alicyclic amines) is 1. The van der Waals surface area contributed by atoms with E-state index in [2.05, 4.69) is 15.2 Å². The van der Waals surface area contributed by atoms with E-state index in [1.54, 1.807) is 0 Å². The molecule has 3 aliphatic rings. The van der Waals surface area contributed by atoms with E-state index in [9.17, 15) is 0 Å². The van der Waals surface area contributed by atoms with Crippen LogP contribution < -0.4 is 11.1 Å². The zero-order valence-corrected chi connectivity index (χ0v) is 7.79. The quantitative estimate of drug-likeness (QED) is 0.572. The molecule has 0 aromatic rings. The second-order valence-corrected chi connectivity index (χ2v) is 4.56. The number of guanidine groups is 1. The van der Waals surface area contributed by atoms with Crippen molar-refractivity contribution in [1.29, 1.82) is 0 Å². The van der Waals surface area contributed by atoms with Gasteiger partial charge in [0.25, 0.3) is 0 Å². The van der Waals surface area contributed by atoms with Crippen LogP contribution >= 0.6 is 0 Å². The third kappa shape index (κ3) is 1.20. The van der Waals surface area contributed by atoms with Crippen LogP contribution in [-0.4, -0.2) is 42.1 Å². The van der Waals surface area contributed by atoms with Gasteiger partial charge in [0.05, 0.1) is 12.1 Å². The van der Waals surface area contributed by atoms with Crippen LogP contribution in [0.4, 0.5) is 0 Å². The van der Waals surface area contributed by atoms with Crippen LogP contribution in [-0.2, 0) is 0 Å². The minimum atomic E-state index is 0.201. The summed E-state index contributed by atoms with van der Waals surface area (Å²) in [6.45, 7) is 3.24. The summed E-state index contributed by atoms with van der Waals surface area (Å²) < 4.78 is 0. The smallest absolute Gasteiger partial charge is 0.189 e. The topological polar surface area (TPSA) is 53.6 Å². The highest BCUT2D eigenvalue weighted by Gasteiger charge is 2.45. The predicted molar refractivity (Wildman–Crippen MR) is 51.6 cm³/mol. The Morgan fingerprint density at radius 3 is 3.00 bits per heavy atom. The summed E-state index contributed by atoms with van der Waals surface area (Å²) in [5.41, 5.74) is 5.85. The summed E-state index contributed by atoms with van der Waals surface area (Å²) in [5, 5.41) is 3.33. The fraction of sp³-hybridized carbons (Fsp3) is 0.889. The van der Waals surface area contributed by atoms with Gasteiger partial charge in [0.15, 0.2) is 5.96 Å². The van der Waals surface area contributed by atoms with Crippen molar-refractivity contribution < 1.29 is 0 Å². The van der Waals surface area contributed by atoms with Gasteiger partial charge in [-0.2, -0.15) is 0 Å². The van der Waals surface area contributed by atoms with Crippen molar-refractivity contribution in [2.75, 3.05) is 19.6 Å². The van der Waals surface area contributed by atoms with E-state index in [0.29, 0.717) is 5.96 Å². The van der Waals surface area contributed by atoms with E-state index in [1.807, 2.05) is 0 Å². The lowest BCUT2D eigenvalue weighted by Gasteiger charge is -2.24. The minimum absolute atomic E-state index is 0.201. The number of aliphatic imine (C=N–C) groups is 1. The van der Waals surface area contributed by atoms with Gasteiger partial charge in [-0.25, -0.2) is 0 Å². The van der Waals surface area contributed by atoms with E-state index in [1.165, 1.54) is 25.8 Å². The molecule has 2 heterocycles. The molecular formula is C9H16N4. The molecule has 2 fully saturated rings. The third-order valence-electron chi connectivity index (χ3n) is 3.39. The number of nitrogens with zero attached hydrogens (tertiary/aromatic N) is 2. The van der Waals surface area contributed by atoms with Gasteiger partial charge in [-0.15, -0.1) is 0 Å². The van der Waals surface area contributed by atoms with Crippen molar-refractivity contribution in [3.63, 3.8) is 0 Å². The molecule has 2 aliphatic heterocycles. The molecule has 0 amide bonds. The molecule has 4 heteroatoms. The molecule has 0 bridgehead atoms. The van der Waals surface area contributed by atoms with Crippen LogP contribution in [0.25, 0.3) is 0 Å². The molecule has 72 valence electrons. The Kier molecular flexibility index (Phi) is 1.39. The highest BCUT2D eigenvalue weighted by Crippen LogP contribution is 2.34. The molecule has 1 aliphatic carbocycles. The van der Waals surface area contributed by atoms with E-state index in [-0.39, 0.29) is 5.54 Å². The lowest BCUT2D eigenvalue weighted by atomic mass is 10.0. The maximum atomic E-state index is 5.65. The SMILES string of the molecule is NC1=NCC2(CCN(C3CC3)C2)N1. The Labute approximate surface area is 78.2 Å². The predicted octanol–water partition coefficient (Wildman–Crippen LogP) is -0.489. The lowest BCUT2D eigenvalue weighted by Crippen LogP contribution is -2.50. The first-order chi connectivity index (χ1) is 6.27. The maximum absolute atomic E-state index is 5.65. The van der Waals surface area contributed by atoms with Crippen LogP contribution in [0.5, 0.6) is 0 Å². The van der Waals surface area contributed by atoms with Crippen LogP contribution in [0.3, 0.4) is 0 Å². The van der Waals surface area contributed by atoms with Gasteiger partial charge >= 0.3 is 0 Å². The first-order valence-electron chi connectivity index (χ1n) is 5.10.